The first-order chi connectivity index (χ1) is 7.79. The van der Waals surface area contributed by atoms with E-state index in [9.17, 15) is 5.11 Å². The molecule has 0 spiro atoms. The minimum Gasteiger partial charge on any atom is -0.392 e. The van der Waals surface area contributed by atoms with Crippen LogP contribution in [0.3, 0.4) is 0 Å². The second-order valence-corrected chi connectivity index (χ2v) is 4.60. The van der Waals surface area contributed by atoms with Crippen molar-refractivity contribution in [3.05, 3.63) is 29.8 Å². The van der Waals surface area contributed by atoms with Gasteiger partial charge >= 0.3 is 0 Å². The highest BCUT2D eigenvalue weighted by Gasteiger charge is 2.15. The minimum atomic E-state index is 0. The van der Waals surface area contributed by atoms with Gasteiger partial charge in [-0.1, -0.05) is 25.1 Å². The van der Waals surface area contributed by atoms with Gasteiger partial charge in [0.1, 0.15) is 0 Å². The third kappa shape index (κ3) is 4.65. The number of nitrogens with zero attached hydrogens (tertiary/aromatic N) is 1. The molecule has 1 aliphatic heterocycles. The Bertz CT molecular complexity index is 342. The van der Waals surface area contributed by atoms with E-state index in [0.717, 1.165) is 30.3 Å². The normalized spacial score (nSPS) is 16.6. The van der Waals surface area contributed by atoms with E-state index < -0.39 is 0 Å². The van der Waals surface area contributed by atoms with E-state index >= 15 is 0 Å². The summed E-state index contributed by atoms with van der Waals surface area (Å²) in [5.41, 5.74) is 5.38. The summed E-state index contributed by atoms with van der Waals surface area (Å²) in [6.45, 7) is 4.56. The summed E-state index contributed by atoms with van der Waals surface area (Å²) in [5, 5.41) is 11.5. The van der Waals surface area contributed by atoms with Crippen LogP contribution in [0.4, 0.5) is 5.69 Å². The van der Waals surface area contributed by atoms with Crippen LogP contribution in [-0.4, -0.2) is 23.2 Å². The predicted molar refractivity (Wildman–Crippen MR) is 80.5 cm³/mol. The maximum Gasteiger partial charge on any atom is 0.0702 e. The molecule has 2 N–H and O–H groups in total. The molecule has 0 aliphatic carbocycles. The molecule has 5 heteroatoms. The molecule has 0 atom stereocenters. The third-order valence-corrected chi connectivity index (χ3v) is 3.25. The standard InChI is InChI=1S/C13H20N2O.2ClH/c1-11-6-8-15(9-7-11)14-13-5-3-2-4-12(13)10-16;;/h2-5,11,14,16H,6-10H2,1H3;2*1H. The number of hydrogen-bond donors (Lipinski definition) is 2. The highest BCUT2D eigenvalue weighted by molar-refractivity contribution is 5.85. The van der Waals surface area contributed by atoms with Crippen molar-refractivity contribution in [1.82, 2.24) is 5.01 Å². The number of para-hydroxylation sites is 1. The fraction of sp³-hybridized carbons (Fsp3) is 0.538. The zero-order valence-electron chi connectivity index (χ0n) is 10.6. The number of aliphatic hydroxyl groups is 1. The molecule has 0 radical (unpaired) electrons. The van der Waals surface area contributed by atoms with E-state index in [0.29, 0.717) is 0 Å². The number of piperidine rings is 1. The number of benzene rings is 1. The van der Waals surface area contributed by atoms with Crippen molar-refractivity contribution < 1.29 is 5.11 Å². The lowest BCUT2D eigenvalue weighted by molar-refractivity contribution is 0.226. The average molecular weight is 293 g/mol. The van der Waals surface area contributed by atoms with Crippen LogP contribution >= 0.6 is 24.8 Å². The van der Waals surface area contributed by atoms with Crippen molar-refractivity contribution in [3.8, 4) is 0 Å². The Labute approximate surface area is 121 Å². The summed E-state index contributed by atoms with van der Waals surface area (Å²) in [6.07, 6.45) is 2.49. The monoisotopic (exact) mass is 292 g/mol. The maximum atomic E-state index is 9.23. The predicted octanol–water partition coefficient (Wildman–Crippen LogP) is 3.08. The second kappa shape index (κ2) is 8.59. The number of aliphatic hydroxyl groups excluding tert-OH is 1. The molecule has 1 heterocycles. The quantitative estimate of drug-likeness (QED) is 0.899. The van der Waals surface area contributed by atoms with Crippen LogP contribution in [0.2, 0.25) is 0 Å². The van der Waals surface area contributed by atoms with E-state index in [4.69, 9.17) is 0 Å². The summed E-state index contributed by atoms with van der Waals surface area (Å²) in [6, 6.07) is 7.92. The minimum absolute atomic E-state index is 0. The van der Waals surface area contributed by atoms with Crippen molar-refractivity contribution >= 4 is 30.5 Å². The van der Waals surface area contributed by atoms with Gasteiger partial charge in [-0.15, -0.1) is 24.8 Å². The van der Waals surface area contributed by atoms with Crippen LogP contribution in [-0.2, 0) is 6.61 Å². The fourth-order valence-corrected chi connectivity index (χ4v) is 2.06. The summed E-state index contributed by atoms with van der Waals surface area (Å²) in [4.78, 5) is 0. The van der Waals surface area contributed by atoms with Crippen molar-refractivity contribution in [3.63, 3.8) is 0 Å². The smallest absolute Gasteiger partial charge is 0.0702 e. The molecule has 1 aromatic rings. The molecule has 0 saturated carbocycles. The molecule has 0 amide bonds. The highest BCUT2D eigenvalue weighted by Crippen LogP contribution is 2.20. The third-order valence-electron chi connectivity index (χ3n) is 3.25. The number of anilines is 1. The van der Waals surface area contributed by atoms with Crippen LogP contribution < -0.4 is 5.43 Å². The average Bonchev–Trinajstić information content (AvgIpc) is 2.33. The highest BCUT2D eigenvalue weighted by atomic mass is 35.5. The van der Waals surface area contributed by atoms with E-state index in [1.54, 1.807) is 0 Å². The van der Waals surface area contributed by atoms with Crippen molar-refractivity contribution in [2.24, 2.45) is 5.92 Å². The molecular weight excluding hydrogens is 271 g/mol. The molecule has 1 aliphatic rings. The van der Waals surface area contributed by atoms with Gasteiger partial charge in [0.25, 0.3) is 0 Å². The van der Waals surface area contributed by atoms with E-state index in [2.05, 4.69) is 17.4 Å². The lowest BCUT2D eigenvalue weighted by Gasteiger charge is -2.31. The lowest BCUT2D eigenvalue weighted by Crippen LogP contribution is -2.37. The first-order valence-corrected chi connectivity index (χ1v) is 6.00. The van der Waals surface area contributed by atoms with E-state index in [1.165, 1.54) is 12.8 Å². The van der Waals surface area contributed by atoms with Gasteiger partial charge in [0.15, 0.2) is 0 Å². The van der Waals surface area contributed by atoms with Gasteiger partial charge in [-0.05, 0) is 24.8 Å². The zero-order chi connectivity index (χ0) is 11.4. The van der Waals surface area contributed by atoms with Crippen molar-refractivity contribution in [1.29, 1.82) is 0 Å². The van der Waals surface area contributed by atoms with Gasteiger partial charge in [0, 0.05) is 18.7 Å². The summed E-state index contributed by atoms with van der Waals surface area (Å²) in [7, 11) is 0. The topological polar surface area (TPSA) is 35.5 Å². The molecule has 0 aromatic heterocycles. The number of hydrogen-bond acceptors (Lipinski definition) is 3. The van der Waals surface area contributed by atoms with Gasteiger partial charge in [0.2, 0.25) is 0 Å². The molecule has 104 valence electrons. The molecule has 1 saturated heterocycles. The number of nitrogens with one attached hydrogen (secondary N) is 1. The van der Waals surface area contributed by atoms with Gasteiger partial charge in [-0.3, -0.25) is 0 Å². The first kappa shape index (κ1) is 17.5. The molecule has 18 heavy (non-hydrogen) atoms. The molecule has 3 nitrogen and oxygen atoms in total. The Morgan fingerprint density at radius 3 is 2.44 bits per heavy atom. The lowest BCUT2D eigenvalue weighted by atomic mass is 10.0. The van der Waals surface area contributed by atoms with Crippen LogP contribution in [0, 0.1) is 5.92 Å². The van der Waals surface area contributed by atoms with Crippen LogP contribution in [0.1, 0.15) is 25.3 Å². The van der Waals surface area contributed by atoms with Crippen LogP contribution in [0.25, 0.3) is 0 Å². The fourth-order valence-electron chi connectivity index (χ4n) is 2.06. The Hall–Kier alpha value is -0.480. The van der Waals surface area contributed by atoms with Crippen molar-refractivity contribution in [2.75, 3.05) is 18.5 Å². The van der Waals surface area contributed by atoms with Gasteiger partial charge in [0.05, 0.1) is 12.3 Å². The zero-order valence-corrected chi connectivity index (χ0v) is 12.3. The molecule has 2 rings (SSSR count). The van der Waals surface area contributed by atoms with Crippen molar-refractivity contribution in [2.45, 2.75) is 26.4 Å². The van der Waals surface area contributed by atoms with Gasteiger partial charge < -0.3 is 10.5 Å². The number of hydrazine groups is 1. The summed E-state index contributed by atoms with van der Waals surface area (Å²) < 4.78 is 0. The summed E-state index contributed by atoms with van der Waals surface area (Å²) in [5.74, 6) is 0.839. The largest absolute Gasteiger partial charge is 0.392 e. The Morgan fingerprint density at radius 1 is 1.22 bits per heavy atom. The second-order valence-electron chi connectivity index (χ2n) is 4.60. The van der Waals surface area contributed by atoms with Crippen LogP contribution in [0.5, 0.6) is 0 Å². The Kier molecular flexibility index (Phi) is 8.36. The van der Waals surface area contributed by atoms with E-state index in [-0.39, 0.29) is 31.4 Å². The Balaban J connectivity index is 0.00000144. The molecule has 1 aromatic carbocycles. The van der Waals surface area contributed by atoms with Gasteiger partial charge in [-0.25, -0.2) is 5.01 Å². The molecule has 1 fully saturated rings. The Morgan fingerprint density at radius 2 is 1.83 bits per heavy atom. The SMILES string of the molecule is CC1CCN(Nc2ccccc2CO)CC1.Cl.Cl. The van der Waals surface area contributed by atoms with Gasteiger partial charge in [-0.2, -0.15) is 0 Å². The maximum absolute atomic E-state index is 9.23. The van der Waals surface area contributed by atoms with E-state index in [1.807, 2.05) is 24.3 Å². The van der Waals surface area contributed by atoms with Crippen LogP contribution in [0.15, 0.2) is 24.3 Å². The number of rotatable bonds is 3. The molecular formula is C13H22Cl2N2O. The molecule has 0 unspecified atom stereocenters. The first-order valence-electron chi connectivity index (χ1n) is 6.00. The summed E-state index contributed by atoms with van der Waals surface area (Å²) >= 11 is 0. The number of halogens is 2. The molecule has 0 bridgehead atoms.